The lowest BCUT2D eigenvalue weighted by molar-refractivity contribution is 0.101. The first-order valence-electron chi connectivity index (χ1n) is 8.41. The van der Waals surface area contributed by atoms with Gasteiger partial charge in [-0.15, -0.1) is 16.4 Å². The summed E-state index contributed by atoms with van der Waals surface area (Å²) in [6.07, 6.45) is 2.20. The minimum absolute atomic E-state index is 0.255. The molecule has 8 nitrogen and oxygen atoms in total. The summed E-state index contributed by atoms with van der Waals surface area (Å²) in [4.78, 5) is 29.3. The van der Waals surface area contributed by atoms with Crippen molar-refractivity contribution in [2.75, 3.05) is 17.7 Å². The molecule has 138 valence electrons. The van der Waals surface area contributed by atoms with E-state index in [1.54, 1.807) is 43.5 Å². The standard InChI is InChI=1S/C18H17N5O3S/c1-26-12-6-4-11(5-7-12)16(24)19-14-9-8-13(27-14)17(25)21-18-20-15(22-23-18)10-2-3-10/h4-10H,2-3H2,1H3,(H,19,24)(H2,20,21,22,23,25). The van der Waals surface area contributed by atoms with Crippen LogP contribution in [0.15, 0.2) is 36.4 Å². The van der Waals surface area contributed by atoms with Crippen LogP contribution in [0.5, 0.6) is 5.75 Å². The lowest BCUT2D eigenvalue weighted by Crippen LogP contribution is -2.12. The second-order valence-corrected chi connectivity index (χ2v) is 7.20. The van der Waals surface area contributed by atoms with Gasteiger partial charge in [0, 0.05) is 11.5 Å². The van der Waals surface area contributed by atoms with Gasteiger partial charge in [0.2, 0.25) is 5.95 Å². The molecule has 0 atom stereocenters. The number of aromatic amines is 1. The van der Waals surface area contributed by atoms with Crippen LogP contribution in [0.1, 0.15) is 44.6 Å². The molecule has 9 heteroatoms. The van der Waals surface area contributed by atoms with Crippen molar-refractivity contribution in [2.24, 2.45) is 0 Å². The Bertz CT molecular complexity index is 975. The van der Waals surface area contributed by atoms with Gasteiger partial charge >= 0.3 is 0 Å². The number of carbonyl (C=O) groups excluding carboxylic acids is 2. The summed E-state index contributed by atoms with van der Waals surface area (Å²) in [6, 6.07) is 10.1. The topological polar surface area (TPSA) is 109 Å². The molecule has 2 heterocycles. The van der Waals surface area contributed by atoms with Gasteiger partial charge in [0.05, 0.1) is 17.0 Å². The number of hydrogen-bond donors (Lipinski definition) is 3. The molecule has 0 aliphatic heterocycles. The molecule has 3 N–H and O–H groups in total. The van der Waals surface area contributed by atoms with Crippen molar-refractivity contribution in [3.8, 4) is 5.75 Å². The SMILES string of the molecule is COc1ccc(C(=O)Nc2ccc(C(=O)Nc3n[nH]c(C4CC4)n3)s2)cc1. The Morgan fingerprint density at radius 3 is 2.59 bits per heavy atom. The van der Waals surface area contributed by atoms with Crippen LogP contribution in [0.2, 0.25) is 0 Å². The van der Waals surface area contributed by atoms with Gasteiger partial charge in [-0.2, -0.15) is 4.98 Å². The number of ether oxygens (including phenoxy) is 1. The highest BCUT2D eigenvalue weighted by atomic mass is 32.1. The molecule has 0 bridgehead atoms. The van der Waals surface area contributed by atoms with E-state index in [0.717, 1.165) is 18.7 Å². The summed E-state index contributed by atoms with van der Waals surface area (Å²) in [5.74, 6) is 1.62. The van der Waals surface area contributed by atoms with E-state index < -0.39 is 0 Å². The summed E-state index contributed by atoms with van der Waals surface area (Å²) < 4.78 is 5.08. The predicted molar refractivity (Wildman–Crippen MR) is 102 cm³/mol. The maximum Gasteiger partial charge on any atom is 0.268 e. The smallest absolute Gasteiger partial charge is 0.268 e. The van der Waals surface area contributed by atoms with E-state index in [4.69, 9.17) is 4.74 Å². The molecule has 4 rings (SSSR count). The minimum Gasteiger partial charge on any atom is -0.497 e. The normalized spacial score (nSPS) is 13.2. The molecular formula is C18H17N5O3S. The highest BCUT2D eigenvalue weighted by Gasteiger charge is 2.27. The van der Waals surface area contributed by atoms with Gasteiger partial charge in [-0.05, 0) is 49.2 Å². The first kappa shape index (κ1) is 17.2. The average molecular weight is 383 g/mol. The zero-order valence-corrected chi connectivity index (χ0v) is 15.3. The molecule has 2 amide bonds. The maximum absolute atomic E-state index is 12.3. The maximum atomic E-state index is 12.3. The Labute approximate surface area is 159 Å². The monoisotopic (exact) mass is 383 g/mol. The van der Waals surface area contributed by atoms with Crippen LogP contribution >= 0.6 is 11.3 Å². The molecular weight excluding hydrogens is 366 g/mol. The van der Waals surface area contributed by atoms with Crippen LogP contribution in [0.3, 0.4) is 0 Å². The number of anilines is 2. The van der Waals surface area contributed by atoms with Crippen LogP contribution in [0.4, 0.5) is 10.9 Å². The Morgan fingerprint density at radius 1 is 1.11 bits per heavy atom. The van der Waals surface area contributed by atoms with Gasteiger partial charge in [0.1, 0.15) is 11.6 Å². The first-order valence-corrected chi connectivity index (χ1v) is 9.23. The number of methoxy groups -OCH3 is 1. The zero-order valence-electron chi connectivity index (χ0n) is 14.5. The van der Waals surface area contributed by atoms with Gasteiger partial charge in [-0.25, -0.2) is 0 Å². The van der Waals surface area contributed by atoms with E-state index in [0.29, 0.717) is 27.1 Å². The van der Waals surface area contributed by atoms with E-state index in [-0.39, 0.29) is 17.8 Å². The van der Waals surface area contributed by atoms with E-state index >= 15 is 0 Å². The second-order valence-electron chi connectivity index (χ2n) is 6.12. The van der Waals surface area contributed by atoms with Crippen molar-refractivity contribution in [1.29, 1.82) is 0 Å². The molecule has 2 aromatic heterocycles. The summed E-state index contributed by atoms with van der Waals surface area (Å²) in [7, 11) is 1.57. The molecule has 1 aromatic carbocycles. The van der Waals surface area contributed by atoms with Crippen molar-refractivity contribution >= 4 is 34.1 Å². The molecule has 27 heavy (non-hydrogen) atoms. The molecule has 1 saturated carbocycles. The number of aromatic nitrogens is 3. The average Bonchev–Trinajstić information content (AvgIpc) is 3.25. The van der Waals surface area contributed by atoms with Crippen molar-refractivity contribution in [2.45, 2.75) is 18.8 Å². The Hall–Kier alpha value is -3.20. The van der Waals surface area contributed by atoms with Crippen LogP contribution < -0.4 is 15.4 Å². The van der Waals surface area contributed by atoms with E-state index in [9.17, 15) is 9.59 Å². The van der Waals surface area contributed by atoms with Crippen LogP contribution in [0, 0.1) is 0 Å². The van der Waals surface area contributed by atoms with Crippen molar-refractivity contribution in [3.05, 3.63) is 52.7 Å². The quantitative estimate of drug-likeness (QED) is 0.605. The number of benzene rings is 1. The van der Waals surface area contributed by atoms with Gasteiger partial charge in [0.25, 0.3) is 11.8 Å². The largest absolute Gasteiger partial charge is 0.497 e. The highest BCUT2D eigenvalue weighted by Crippen LogP contribution is 2.38. The minimum atomic E-state index is -0.314. The van der Waals surface area contributed by atoms with Gasteiger partial charge in [0.15, 0.2) is 0 Å². The van der Waals surface area contributed by atoms with E-state index in [2.05, 4.69) is 25.8 Å². The fourth-order valence-corrected chi connectivity index (χ4v) is 3.28. The predicted octanol–water partition coefficient (Wildman–Crippen LogP) is 3.26. The van der Waals surface area contributed by atoms with Crippen LogP contribution in [0.25, 0.3) is 0 Å². The van der Waals surface area contributed by atoms with Gasteiger partial charge < -0.3 is 10.1 Å². The third-order valence-corrected chi connectivity index (χ3v) is 5.11. The van der Waals surface area contributed by atoms with Gasteiger partial charge in [-0.3, -0.25) is 20.0 Å². The molecule has 1 aliphatic carbocycles. The lowest BCUT2D eigenvalue weighted by atomic mass is 10.2. The summed E-state index contributed by atoms with van der Waals surface area (Å²) in [5, 5.41) is 12.9. The van der Waals surface area contributed by atoms with E-state index in [1.165, 1.54) is 11.3 Å². The number of H-pyrrole nitrogens is 1. The fraction of sp³-hybridized carbons (Fsp3) is 0.222. The number of rotatable bonds is 6. The molecule has 0 saturated heterocycles. The molecule has 3 aromatic rings. The molecule has 0 radical (unpaired) electrons. The third kappa shape index (κ3) is 3.98. The third-order valence-electron chi connectivity index (χ3n) is 4.11. The van der Waals surface area contributed by atoms with Crippen molar-refractivity contribution in [3.63, 3.8) is 0 Å². The molecule has 1 fully saturated rings. The number of hydrogen-bond acceptors (Lipinski definition) is 6. The highest BCUT2D eigenvalue weighted by molar-refractivity contribution is 7.18. The van der Waals surface area contributed by atoms with Gasteiger partial charge in [-0.1, -0.05) is 0 Å². The summed E-state index contributed by atoms with van der Waals surface area (Å²) in [6.45, 7) is 0. The molecule has 0 unspecified atom stereocenters. The molecule has 0 spiro atoms. The number of amides is 2. The Balaban J connectivity index is 1.37. The van der Waals surface area contributed by atoms with Crippen LogP contribution in [-0.2, 0) is 0 Å². The lowest BCUT2D eigenvalue weighted by Gasteiger charge is -2.04. The van der Waals surface area contributed by atoms with E-state index in [1.807, 2.05) is 0 Å². The zero-order chi connectivity index (χ0) is 18.8. The second kappa shape index (κ2) is 7.20. The molecule has 1 aliphatic rings. The van der Waals surface area contributed by atoms with Crippen LogP contribution in [-0.4, -0.2) is 34.1 Å². The Kier molecular flexibility index (Phi) is 4.59. The number of carbonyl (C=O) groups is 2. The summed E-state index contributed by atoms with van der Waals surface area (Å²) >= 11 is 1.18. The fourth-order valence-electron chi connectivity index (χ4n) is 2.49. The summed E-state index contributed by atoms with van der Waals surface area (Å²) in [5.41, 5.74) is 0.503. The number of nitrogens with one attached hydrogen (secondary N) is 3. The van der Waals surface area contributed by atoms with Crippen molar-refractivity contribution in [1.82, 2.24) is 15.2 Å². The number of thiophene rings is 1. The van der Waals surface area contributed by atoms with Crippen molar-refractivity contribution < 1.29 is 14.3 Å². The Morgan fingerprint density at radius 2 is 1.89 bits per heavy atom. The number of nitrogens with zero attached hydrogens (tertiary/aromatic N) is 2. The first-order chi connectivity index (χ1) is 13.1.